The van der Waals surface area contributed by atoms with Gasteiger partial charge in [0.25, 0.3) is 11.8 Å². The number of nitrogens with zero attached hydrogens (tertiary/aromatic N) is 3. The van der Waals surface area contributed by atoms with E-state index in [4.69, 9.17) is 15.2 Å². The summed E-state index contributed by atoms with van der Waals surface area (Å²) in [6, 6.07) is -0.978. The predicted molar refractivity (Wildman–Crippen MR) is 128 cm³/mol. The van der Waals surface area contributed by atoms with Crippen LogP contribution in [0.5, 0.6) is 0 Å². The van der Waals surface area contributed by atoms with Crippen LogP contribution in [-0.4, -0.2) is 68.5 Å². The number of amides is 2. The lowest BCUT2D eigenvalue weighted by Gasteiger charge is -2.49. The number of thiazole rings is 1. The van der Waals surface area contributed by atoms with Gasteiger partial charge in [0, 0.05) is 11.1 Å². The van der Waals surface area contributed by atoms with E-state index in [-0.39, 0.29) is 16.5 Å². The zero-order chi connectivity index (χ0) is 25.9. The number of anilines is 1. The zero-order valence-corrected chi connectivity index (χ0v) is 21.1. The predicted octanol–water partition coefficient (Wildman–Crippen LogP) is 1.22. The molecule has 188 valence electrons. The highest BCUT2D eigenvalue weighted by Gasteiger charge is 2.54. The maximum atomic E-state index is 13.0. The molecule has 14 heteroatoms. The molecular weight excluding hydrogens is 498 g/mol. The highest BCUT2D eigenvalue weighted by Crippen LogP contribution is 2.41. The summed E-state index contributed by atoms with van der Waals surface area (Å²) in [5, 5.41) is 15.8. The molecule has 1 fully saturated rings. The van der Waals surface area contributed by atoms with Gasteiger partial charge in [0.2, 0.25) is 6.79 Å². The third-order valence-corrected chi connectivity index (χ3v) is 6.89. The van der Waals surface area contributed by atoms with Crippen molar-refractivity contribution in [3.8, 4) is 0 Å². The van der Waals surface area contributed by atoms with Gasteiger partial charge in [-0.1, -0.05) is 17.3 Å². The monoisotopic (exact) mass is 523 g/mol. The molecule has 2 amide bonds. The van der Waals surface area contributed by atoms with Gasteiger partial charge in [-0.05, 0) is 33.3 Å². The van der Waals surface area contributed by atoms with Gasteiger partial charge in [-0.2, -0.15) is 0 Å². The van der Waals surface area contributed by atoms with Crippen LogP contribution in [0.15, 0.2) is 34.0 Å². The van der Waals surface area contributed by atoms with Gasteiger partial charge in [0.1, 0.15) is 22.8 Å². The SMILES string of the molecule is C/C=C\C1=C(C(=O)OCOC(=O)C(C)(C)C)N2C(=O)C(NC(=O)/C(=N\O)c3csc(N)n3)[C@H]2SC1. The number of aromatic nitrogens is 1. The van der Waals surface area contributed by atoms with E-state index in [0.29, 0.717) is 11.3 Å². The number of allylic oxidation sites excluding steroid dienone is 2. The van der Waals surface area contributed by atoms with Crippen LogP contribution in [-0.2, 0) is 28.7 Å². The highest BCUT2D eigenvalue weighted by molar-refractivity contribution is 8.00. The fraction of sp³-hybridized carbons (Fsp3) is 0.429. The van der Waals surface area contributed by atoms with Crippen LogP contribution in [0.4, 0.5) is 5.13 Å². The minimum Gasteiger partial charge on any atom is -0.427 e. The summed E-state index contributed by atoms with van der Waals surface area (Å²) in [5.74, 6) is -2.39. The van der Waals surface area contributed by atoms with Gasteiger partial charge in [0.05, 0.1) is 5.41 Å². The molecule has 4 N–H and O–H groups in total. The Morgan fingerprint density at radius 3 is 2.66 bits per heavy atom. The average molecular weight is 524 g/mol. The fourth-order valence-corrected chi connectivity index (χ4v) is 5.07. The molecule has 1 aromatic rings. The van der Waals surface area contributed by atoms with E-state index < -0.39 is 53.1 Å². The maximum absolute atomic E-state index is 13.0. The van der Waals surface area contributed by atoms with Crippen LogP contribution in [0.3, 0.4) is 0 Å². The molecule has 0 spiro atoms. The van der Waals surface area contributed by atoms with Gasteiger partial charge in [0.15, 0.2) is 10.8 Å². The van der Waals surface area contributed by atoms with Crippen LogP contribution in [0.2, 0.25) is 0 Å². The second kappa shape index (κ2) is 10.5. The lowest BCUT2D eigenvalue weighted by molar-refractivity contribution is -0.173. The van der Waals surface area contributed by atoms with E-state index in [1.54, 1.807) is 39.8 Å². The molecule has 2 aliphatic heterocycles. The molecule has 1 aromatic heterocycles. The standard InChI is InChI=1S/C21H25N5O7S2/c1-5-6-10-7-34-17-13(24-15(27)12(25-31)11-8-35-20(22)23-11)16(28)26(17)14(10)18(29)32-9-33-19(30)21(2,3)4/h5-6,8,13,17,31H,7,9H2,1-4H3,(H2,22,23)(H,24,27)/b6-5-,25-12-/t13?,17-/m1/s1. The molecule has 3 heterocycles. The van der Waals surface area contributed by atoms with Crippen molar-refractivity contribution in [2.45, 2.75) is 39.1 Å². The van der Waals surface area contributed by atoms with Crippen molar-refractivity contribution < 1.29 is 33.9 Å². The number of nitrogens with two attached hydrogens (primary N) is 1. The number of carbonyl (C=O) groups excluding carboxylic acids is 4. The first kappa shape index (κ1) is 26.2. The number of nitrogens with one attached hydrogen (secondary N) is 1. The Labute approximate surface area is 209 Å². The molecule has 1 saturated heterocycles. The van der Waals surface area contributed by atoms with Crippen LogP contribution < -0.4 is 11.1 Å². The Balaban J connectivity index is 1.72. The van der Waals surface area contributed by atoms with Gasteiger partial charge in [-0.15, -0.1) is 23.1 Å². The highest BCUT2D eigenvalue weighted by atomic mass is 32.2. The molecule has 2 aliphatic rings. The number of hydrogen-bond acceptors (Lipinski definition) is 12. The van der Waals surface area contributed by atoms with E-state index in [0.717, 1.165) is 11.3 Å². The van der Waals surface area contributed by atoms with Crippen molar-refractivity contribution in [2.24, 2.45) is 10.6 Å². The molecule has 1 unspecified atom stereocenters. The zero-order valence-electron chi connectivity index (χ0n) is 19.4. The summed E-state index contributed by atoms with van der Waals surface area (Å²) in [4.78, 5) is 55.5. The molecule has 0 bridgehead atoms. The molecular formula is C21H25N5O7S2. The van der Waals surface area contributed by atoms with E-state index in [1.165, 1.54) is 22.0 Å². The van der Waals surface area contributed by atoms with Crippen LogP contribution in [0.25, 0.3) is 0 Å². The molecule has 0 saturated carbocycles. The fourth-order valence-electron chi connectivity index (χ4n) is 3.20. The molecule has 12 nitrogen and oxygen atoms in total. The van der Waals surface area contributed by atoms with Crippen molar-refractivity contribution in [1.29, 1.82) is 0 Å². The lowest BCUT2D eigenvalue weighted by Crippen LogP contribution is -2.71. The van der Waals surface area contributed by atoms with Gasteiger partial charge >= 0.3 is 11.9 Å². The van der Waals surface area contributed by atoms with Gasteiger partial charge < -0.3 is 25.7 Å². The Morgan fingerprint density at radius 1 is 1.37 bits per heavy atom. The molecule has 35 heavy (non-hydrogen) atoms. The summed E-state index contributed by atoms with van der Waals surface area (Å²) in [5.41, 5.74) is 5.03. The first-order chi connectivity index (χ1) is 16.5. The number of fused-ring (bicyclic) bond motifs is 1. The van der Waals surface area contributed by atoms with Crippen LogP contribution >= 0.6 is 23.1 Å². The van der Waals surface area contributed by atoms with E-state index in [1.807, 2.05) is 0 Å². The first-order valence-electron chi connectivity index (χ1n) is 10.4. The number of rotatable bonds is 7. The van der Waals surface area contributed by atoms with Crippen molar-refractivity contribution in [1.82, 2.24) is 15.2 Å². The van der Waals surface area contributed by atoms with E-state index in [9.17, 15) is 24.4 Å². The summed E-state index contributed by atoms with van der Waals surface area (Å²) < 4.78 is 10.1. The minimum absolute atomic E-state index is 0.0116. The Morgan fingerprint density at radius 2 is 2.09 bits per heavy atom. The van der Waals surface area contributed by atoms with Crippen molar-refractivity contribution in [3.63, 3.8) is 0 Å². The quantitative estimate of drug-likeness (QED) is 0.118. The summed E-state index contributed by atoms with van der Waals surface area (Å²) in [6.07, 6.45) is 3.40. The second-order valence-corrected chi connectivity index (χ2v) is 10.5. The van der Waals surface area contributed by atoms with E-state index in [2.05, 4.69) is 15.5 Å². The van der Waals surface area contributed by atoms with Crippen molar-refractivity contribution in [3.05, 3.63) is 34.5 Å². The molecule has 3 rings (SSSR count). The number of hydrogen-bond donors (Lipinski definition) is 3. The Bertz CT molecular complexity index is 1140. The van der Waals surface area contributed by atoms with Gasteiger partial charge in [-0.3, -0.25) is 19.3 Å². The molecule has 0 aliphatic carbocycles. The number of ether oxygens (including phenoxy) is 2. The Hall–Kier alpha value is -3.39. The number of thioether (sulfide) groups is 1. The summed E-state index contributed by atoms with van der Waals surface area (Å²) in [7, 11) is 0. The third-order valence-electron chi connectivity index (χ3n) is 4.92. The first-order valence-corrected chi connectivity index (χ1v) is 12.3. The Kier molecular flexibility index (Phi) is 7.85. The average Bonchev–Trinajstić information content (AvgIpc) is 3.22. The number of esters is 2. The second-order valence-electron chi connectivity index (χ2n) is 8.49. The molecule has 2 atom stereocenters. The number of nitrogen functional groups attached to an aromatic ring is 1. The maximum Gasteiger partial charge on any atom is 0.358 e. The number of oxime groups is 1. The lowest BCUT2D eigenvalue weighted by atomic mass is 9.98. The summed E-state index contributed by atoms with van der Waals surface area (Å²) in [6.45, 7) is 6.15. The smallest absolute Gasteiger partial charge is 0.358 e. The molecule has 0 radical (unpaired) electrons. The number of β-lactam (4-membered cyclic amide) rings is 1. The topological polar surface area (TPSA) is 174 Å². The van der Waals surface area contributed by atoms with Crippen molar-refractivity contribution in [2.75, 3.05) is 18.3 Å². The van der Waals surface area contributed by atoms with Gasteiger partial charge in [-0.25, -0.2) is 9.78 Å². The van der Waals surface area contributed by atoms with Crippen LogP contribution in [0.1, 0.15) is 33.4 Å². The number of carbonyl (C=O) groups is 4. The molecule has 0 aromatic carbocycles. The largest absolute Gasteiger partial charge is 0.427 e. The van der Waals surface area contributed by atoms with Crippen LogP contribution in [0, 0.1) is 5.41 Å². The normalized spacial score (nSPS) is 20.4. The third kappa shape index (κ3) is 5.48. The van der Waals surface area contributed by atoms with Crippen molar-refractivity contribution >= 4 is 57.7 Å². The minimum atomic E-state index is -0.978. The summed E-state index contributed by atoms with van der Waals surface area (Å²) >= 11 is 2.40. The van der Waals surface area contributed by atoms with E-state index >= 15 is 0 Å².